The van der Waals surface area contributed by atoms with Crippen molar-refractivity contribution in [2.45, 2.75) is 88.0 Å². The van der Waals surface area contributed by atoms with E-state index < -0.39 is 71.6 Å². The zero-order chi connectivity index (χ0) is 31.4. The fourth-order valence-corrected chi connectivity index (χ4v) is 5.51. The van der Waals surface area contributed by atoms with Gasteiger partial charge in [-0.25, -0.2) is 4.79 Å². The van der Waals surface area contributed by atoms with Gasteiger partial charge in [-0.15, -0.1) is 0 Å². The van der Waals surface area contributed by atoms with E-state index >= 15 is 0 Å². The summed E-state index contributed by atoms with van der Waals surface area (Å²) in [4.78, 5) is 66.8. The average Bonchev–Trinajstić information content (AvgIpc) is 3.58. The molecule has 0 bridgehead atoms. The van der Waals surface area contributed by atoms with Crippen LogP contribution in [0.5, 0.6) is 0 Å². The van der Waals surface area contributed by atoms with Crippen LogP contribution in [0, 0.1) is 0 Å². The molecule has 0 unspecified atom stereocenters. The van der Waals surface area contributed by atoms with Gasteiger partial charge in [-0.3, -0.25) is 19.2 Å². The number of primary amides is 1. The molecule has 1 aromatic carbocycles. The number of nitrogens with two attached hydrogens (primary N) is 2. The van der Waals surface area contributed by atoms with Gasteiger partial charge in [0, 0.05) is 19.5 Å². The Hall–Kier alpha value is -3.72. The second-order valence-corrected chi connectivity index (χ2v) is 10.7. The maximum absolute atomic E-state index is 14.1. The third-order valence-electron chi connectivity index (χ3n) is 7.73. The van der Waals surface area contributed by atoms with Crippen LogP contribution < -0.4 is 16.8 Å². The lowest BCUT2D eigenvalue weighted by Gasteiger charge is -2.41. The van der Waals surface area contributed by atoms with Crippen molar-refractivity contribution in [1.29, 1.82) is 0 Å². The Kier molecular flexibility index (Phi) is 10.2. The van der Waals surface area contributed by atoms with Crippen molar-refractivity contribution < 1.29 is 47.0 Å². The fraction of sp³-hybridized carbons (Fsp3) is 0.593. The van der Waals surface area contributed by atoms with E-state index in [0.717, 1.165) is 11.8 Å². The van der Waals surface area contributed by atoms with Crippen molar-refractivity contribution in [1.82, 2.24) is 15.1 Å². The quantitative estimate of drug-likeness (QED) is 0.265. The summed E-state index contributed by atoms with van der Waals surface area (Å²) < 4.78 is 42.2. The number of nitrogens with zero attached hydrogens (tertiary/aromatic N) is 2. The molecule has 6 atom stereocenters. The fourth-order valence-electron chi connectivity index (χ4n) is 5.51. The maximum Gasteiger partial charge on any atom is 0.490 e. The minimum atomic E-state index is -5.27. The van der Waals surface area contributed by atoms with Crippen LogP contribution >= 0.6 is 0 Å². The Balaban J connectivity index is 1.89. The van der Waals surface area contributed by atoms with Crippen molar-refractivity contribution >= 4 is 29.6 Å². The smallest absolute Gasteiger partial charge is 0.454 e. The topological polar surface area (TPSA) is 185 Å². The molecule has 4 amide bonds. The van der Waals surface area contributed by atoms with Gasteiger partial charge in [0.25, 0.3) is 0 Å². The molecule has 15 heteroatoms. The molecule has 3 rings (SSSR count). The van der Waals surface area contributed by atoms with E-state index in [2.05, 4.69) is 10.1 Å². The minimum absolute atomic E-state index is 0.0569. The summed E-state index contributed by atoms with van der Waals surface area (Å²) >= 11 is 0. The highest BCUT2D eigenvalue weighted by Gasteiger charge is 2.53. The first-order chi connectivity index (χ1) is 19.6. The number of benzene rings is 1. The predicted octanol–water partition coefficient (Wildman–Crippen LogP) is -0.246. The predicted molar refractivity (Wildman–Crippen MR) is 141 cm³/mol. The first kappa shape index (κ1) is 32.8. The zero-order valence-corrected chi connectivity index (χ0v) is 23.3. The summed E-state index contributed by atoms with van der Waals surface area (Å²) in [7, 11) is 0. The van der Waals surface area contributed by atoms with Crippen LogP contribution in [0.4, 0.5) is 13.2 Å². The van der Waals surface area contributed by atoms with E-state index in [4.69, 9.17) is 11.5 Å². The molecule has 2 heterocycles. The number of esters is 1. The number of nitrogens with one attached hydrogen (secondary N) is 1. The number of aliphatic hydroxyl groups is 1. The van der Waals surface area contributed by atoms with Crippen LogP contribution in [-0.4, -0.2) is 99.6 Å². The van der Waals surface area contributed by atoms with Crippen LogP contribution in [0.2, 0.25) is 0 Å². The number of rotatable bonds is 10. The number of ether oxygens (including phenoxy) is 1. The standard InChI is InChI=1S/C27H36F3N5O7/c1-15(36)20(21(32)37)33-24(40)26(14-17-8-4-3-5-9-17)11-7-13-35(26)22(38)18-10-6-12-34(18)23(39)19(31)16(2)42-25(41)27(28,29)30/h3-5,8-9,15-16,18-20,36H,6-7,10-14,31H2,1-2H3,(H2,32,37)(H,33,40)/t15-,16-,18+,19+,20+,26-/m1/s1. The van der Waals surface area contributed by atoms with Gasteiger partial charge >= 0.3 is 12.1 Å². The van der Waals surface area contributed by atoms with E-state index in [1.807, 2.05) is 0 Å². The highest BCUT2D eigenvalue weighted by Crippen LogP contribution is 2.36. The molecule has 12 nitrogen and oxygen atoms in total. The molecule has 1 aromatic rings. The lowest BCUT2D eigenvalue weighted by Crippen LogP contribution is -2.65. The molecule has 6 N–H and O–H groups in total. The number of carbonyl (C=O) groups is 5. The van der Waals surface area contributed by atoms with Crippen molar-refractivity contribution in [3.05, 3.63) is 35.9 Å². The Labute approximate surface area is 240 Å². The second-order valence-electron chi connectivity index (χ2n) is 10.7. The van der Waals surface area contributed by atoms with Crippen LogP contribution in [0.25, 0.3) is 0 Å². The molecular weight excluding hydrogens is 563 g/mol. The van der Waals surface area contributed by atoms with Gasteiger partial charge in [0.1, 0.15) is 29.8 Å². The SMILES string of the molecule is C[C@@H](O)[C@H](NC(=O)[C@]1(Cc2ccccc2)CCCN1C(=O)[C@@H]1CCCN1C(=O)[C@@H](N)[C@@H](C)OC(=O)C(F)(F)F)C(N)=O. The largest absolute Gasteiger partial charge is 0.490 e. The normalized spacial score (nSPS) is 23.5. The van der Waals surface area contributed by atoms with Crippen molar-refractivity contribution in [2.24, 2.45) is 11.5 Å². The molecule has 2 aliphatic rings. The summed E-state index contributed by atoms with van der Waals surface area (Å²) in [6.07, 6.45) is -6.98. The molecule has 232 valence electrons. The van der Waals surface area contributed by atoms with Crippen molar-refractivity contribution in [3.63, 3.8) is 0 Å². The Morgan fingerprint density at radius 1 is 1.12 bits per heavy atom. The highest BCUT2D eigenvalue weighted by molar-refractivity contribution is 5.98. The molecule has 0 aromatic heterocycles. The summed E-state index contributed by atoms with van der Waals surface area (Å²) in [5, 5.41) is 12.5. The van der Waals surface area contributed by atoms with Gasteiger partial charge in [0.05, 0.1) is 6.10 Å². The van der Waals surface area contributed by atoms with E-state index in [0.29, 0.717) is 18.4 Å². The number of hydrogen-bond acceptors (Lipinski definition) is 8. The van der Waals surface area contributed by atoms with Crippen LogP contribution in [-0.2, 0) is 35.1 Å². The number of alkyl halides is 3. The Morgan fingerprint density at radius 2 is 1.76 bits per heavy atom. The summed E-state index contributed by atoms with van der Waals surface area (Å²) in [6.45, 7) is 2.54. The van der Waals surface area contributed by atoms with E-state index in [1.165, 1.54) is 11.8 Å². The Bertz CT molecular complexity index is 1180. The van der Waals surface area contributed by atoms with Gasteiger partial charge in [0.15, 0.2) is 0 Å². The number of halogens is 3. The molecule has 42 heavy (non-hydrogen) atoms. The lowest BCUT2D eigenvalue weighted by atomic mass is 9.86. The van der Waals surface area contributed by atoms with Crippen molar-refractivity contribution in [3.8, 4) is 0 Å². The molecule has 0 radical (unpaired) electrons. The average molecular weight is 600 g/mol. The number of hydrogen-bond donors (Lipinski definition) is 4. The summed E-state index contributed by atoms with van der Waals surface area (Å²) in [6, 6.07) is 4.65. The molecule has 0 spiro atoms. The monoisotopic (exact) mass is 599 g/mol. The molecule has 2 saturated heterocycles. The number of aliphatic hydroxyl groups excluding tert-OH is 1. The molecule has 0 aliphatic carbocycles. The second kappa shape index (κ2) is 13.1. The van der Waals surface area contributed by atoms with E-state index in [-0.39, 0.29) is 32.4 Å². The third kappa shape index (κ3) is 7.01. The summed E-state index contributed by atoms with van der Waals surface area (Å²) in [5.74, 6) is -5.63. The van der Waals surface area contributed by atoms with Gasteiger partial charge in [-0.05, 0) is 45.1 Å². The van der Waals surface area contributed by atoms with Gasteiger partial charge in [-0.2, -0.15) is 13.2 Å². The molecule has 2 aliphatic heterocycles. The first-order valence-corrected chi connectivity index (χ1v) is 13.6. The number of amides is 4. The zero-order valence-electron chi connectivity index (χ0n) is 23.3. The third-order valence-corrected chi connectivity index (χ3v) is 7.73. The molecular formula is C27H36F3N5O7. The Morgan fingerprint density at radius 3 is 2.33 bits per heavy atom. The molecule has 0 saturated carbocycles. The van der Waals surface area contributed by atoms with Crippen molar-refractivity contribution in [2.75, 3.05) is 13.1 Å². The number of carbonyl (C=O) groups excluding carboxylic acids is 5. The minimum Gasteiger partial charge on any atom is -0.454 e. The van der Waals surface area contributed by atoms with Gasteiger partial charge in [0.2, 0.25) is 23.6 Å². The van der Waals surface area contributed by atoms with Gasteiger partial charge in [-0.1, -0.05) is 30.3 Å². The van der Waals surface area contributed by atoms with E-state index in [9.17, 15) is 42.3 Å². The summed E-state index contributed by atoms with van der Waals surface area (Å²) in [5.41, 5.74) is 10.5. The highest BCUT2D eigenvalue weighted by atomic mass is 19.4. The van der Waals surface area contributed by atoms with E-state index in [1.54, 1.807) is 30.3 Å². The van der Waals surface area contributed by atoms with Crippen LogP contribution in [0.1, 0.15) is 45.1 Å². The number of likely N-dealkylation sites (tertiary alicyclic amines) is 2. The lowest BCUT2D eigenvalue weighted by molar-refractivity contribution is -0.205. The van der Waals surface area contributed by atoms with Crippen LogP contribution in [0.15, 0.2) is 30.3 Å². The first-order valence-electron chi connectivity index (χ1n) is 13.6. The molecule has 2 fully saturated rings. The van der Waals surface area contributed by atoms with Crippen LogP contribution in [0.3, 0.4) is 0 Å². The maximum atomic E-state index is 14.1. The van der Waals surface area contributed by atoms with Gasteiger partial charge < -0.3 is 36.4 Å².